The van der Waals surface area contributed by atoms with Crippen molar-refractivity contribution in [1.29, 1.82) is 0 Å². The van der Waals surface area contributed by atoms with E-state index in [1.54, 1.807) is 13.8 Å². The Morgan fingerprint density at radius 3 is 2.00 bits per heavy atom. The summed E-state index contributed by atoms with van der Waals surface area (Å²) < 4.78 is 4.27. The molecule has 0 heterocycles. The number of hydrogen-bond donors (Lipinski definition) is 2. The van der Waals surface area contributed by atoms with Gasteiger partial charge in [-0.1, -0.05) is 13.8 Å². The van der Waals surface area contributed by atoms with E-state index >= 15 is 0 Å². The molecule has 0 fully saturated rings. The van der Waals surface area contributed by atoms with Crippen LogP contribution >= 0.6 is 0 Å². The molecule has 0 spiro atoms. The second-order valence-electron chi connectivity index (χ2n) is 2.70. The van der Waals surface area contributed by atoms with E-state index < -0.39 is 18.1 Å². The average molecular weight is 323 g/mol. The number of carbonyl (C=O) groups is 2. The second kappa shape index (κ2) is 10.3. The standard InChI is InChI=1S/C7H13NO4.CH3.Cs/c1-4(2)5(6(9)10)8-7(11)12-3;;/h4-5H,1-3H3,(H,8,11)(H,9,10);1H3;/q;-1;+1. The molecule has 0 aromatic carbocycles. The van der Waals surface area contributed by atoms with Crippen molar-refractivity contribution >= 4 is 12.1 Å². The van der Waals surface area contributed by atoms with Crippen LogP contribution in [-0.4, -0.2) is 30.3 Å². The molecule has 5 nitrogen and oxygen atoms in total. The minimum Gasteiger partial charge on any atom is -0.480 e. The molecule has 1 unspecified atom stereocenters. The van der Waals surface area contributed by atoms with Crippen LogP contribution < -0.4 is 74.2 Å². The van der Waals surface area contributed by atoms with Crippen LogP contribution in [0.2, 0.25) is 0 Å². The molecular weight excluding hydrogens is 307 g/mol. The van der Waals surface area contributed by atoms with Crippen molar-refractivity contribution in [3.8, 4) is 0 Å². The fourth-order valence-electron chi connectivity index (χ4n) is 0.699. The molecule has 0 saturated carbocycles. The minimum atomic E-state index is -1.06. The van der Waals surface area contributed by atoms with Gasteiger partial charge in [-0.2, -0.15) is 0 Å². The Hall–Kier alpha value is 0.792. The number of ether oxygens (including phenoxy) is 1. The largest absolute Gasteiger partial charge is 1.00 e. The Kier molecular flexibility index (Phi) is 14.9. The van der Waals surface area contributed by atoms with E-state index in [1.807, 2.05) is 0 Å². The average Bonchev–Trinajstić information content (AvgIpc) is 1.98. The van der Waals surface area contributed by atoms with E-state index in [-0.39, 0.29) is 82.2 Å². The van der Waals surface area contributed by atoms with Crippen molar-refractivity contribution in [3.63, 3.8) is 0 Å². The van der Waals surface area contributed by atoms with E-state index in [9.17, 15) is 9.59 Å². The maximum Gasteiger partial charge on any atom is 1.00 e. The number of carbonyl (C=O) groups excluding carboxylic acids is 1. The number of nitrogens with one attached hydrogen (secondary N) is 1. The summed E-state index contributed by atoms with van der Waals surface area (Å²) in [5.41, 5.74) is 0. The van der Waals surface area contributed by atoms with E-state index in [0.717, 1.165) is 0 Å². The predicted molar refractivity (Wildman–Crippen MR) is 48.2 cm³/mol. The van der Waals surface area contributed by atoms with Crippen molar-refractivity contribution in [2.24, 2.45) is 5.92 Å². The Bertz CT molecular complexity index is 184. The van der Waals surface area contributed by atoms with Gasteiger partial charge in [0.2, 0.25) is 0 Å². The second-order valence-corrected chi connectivity index (χ2v) is 2.70. The van der Waals surface area contributed by atoms with Crippen molar-refractivity contribution in [2.45, 2.75) is 19.9 Å². The number of carboxylic acid groups (broad SMARTS) is 1. The molecule has 0 aromatic rings. The molecule has 0 radical (unpaired) electrons. The van der Waals surface area contributed by atoms with Crippen molar-refractivity contribution < 1.29 is 88.3 Å². The number of amides is 1. The quantitative estimate of drug-likeness (QED) is 0.584. The third kappa shape index (κ3) is 8.13. The van der Waals surface area contributed by atoms with Gasteiger partial charge in [-0.15, -0.1) is 0 Å². The molecule has 0 saturated heterocycles. The van der Waals surface area contributed by atoms with Gasteiger partial charge >= 0.3 is 81.0 Å². The molecule has 0 aliphatic heterocycles. The Morgan fingerprint density at radius 2 is 1.79 bits per heavy atom. The molecule has 6 heteroatoms. The first-order chi connectivity index (χ1) is 5.49. The van der Waals surface area contributed by atoms with Crippen LogP contribution in [0.3, 0.4) is 0 Å². The summed E-state index contributed by atoms with van der Waals surface area (Å²) in [6.45, 7) is 3.41. The summed E-state index contributed by atoms with van der Waals surface area (Å²) in [6, 6.07) is -0.891. The molecule has 0 aromatic heterocycles. The molecule has 78 valence electrons. The van der Waals surface area contributed by atoms with Gasteiger partial charge in [0.1, 0.15) is 6.04 Å². The zero-order valence-corrected chi connectivity index (χ0v) is 15.6. The first kappa shape index (κ1) is 20.2. The van der Waals surface area contributed by atoms with Crippen LogP contribution in [0.4, 0.5) is 4.79 Å². The molecule has 1 atom stereocenters. The van der Waals surface area contributed by atoms with Gasteiger partial charge in [0.25, 0.3) is 0 Å². The van der Waals surface area contributed by atoms with E-state index in [1.165, 1.54) is 7.11 Å². The summed E-state index contributed by atoms with van der Waals surface area (Å²) in [5.74, 6) is -1.22. The normalized spacial score (nSPS) is 10.6. The van der Waals surface area contributed by atoms with Crippen LogP contribution in [-0.2, 0) is 9.53 Å². The van der Waals surface area contributed by atoms with Crippen LogP contribution in [0.5, 0.6) is 0 Å². The smallest absolute Gasteiger partial charge is 0.480 e. The van der Waals surface area contributed by atoms with Gasteiger partial charge in [-0.3, -0.25) is 0 Å². The molecule has 0 aliphatic rings. The van der Waals surface area contributed by atoms with E-state index in [2.05, 4.69) is 10.1 Å². The molecule has 1 amide bonds. The summed E-state index contributed by atoms with van der Waals surface area (Å²) in [4.78, 5) is 21.2. The van der Waals surface area contributed by atoms with Gasteiger partial charge < -0.3 is 22.6 Å². The summed E-state index contributed by atoms with van der Waals surface area (Å²) >= 11 is 0. The monoisotopic (exact) mass is 323 g/mol. The van der Waals surface area contributed by atoms with Gasteiger partial charge in [-0.05, 0) is 5.92 Å². The van der Waals surface area contributed by atoms with Crippen molar-refractivity contribution in [3.05, 3.63) is 7.43 Å². The Morgan fingerprint density at radius 1 is 1.36 bits per heavy atom. The number of hydrogen-bond acceptors (Lipinski definition) is 3. The maximum absolute atomic E-state index is 10.6. The molecular formula is C8H16CsNO4. The fraction of sp³-hybridized carbons (Fsp3) is 0.625. The first-order valence-corrected chi connectivity index (χ1v) is 3.56. The maximum atomic E-state index is 10.6. The fourth-order valence-corrected chi connectivity index (χ4v) is 0.699. The zero-order valence-electron chi connectivity index (χ0n) is 9.33. The van der Waals surface area contributed by atoms with E-state index in [4.69, 9.17) is 5.11 Å². The molecule has 14 heavy (non-hydrogen) atoms. The predicted octanol–water partition coefficient (Wildman–Crippen LogP) is -2.09. The first-order valence-electron chi connectivity index (χ1n) is 3.56. The number of aliphatic carboxylic acids is 1. The summed E-state index contributed by atoms with van der Waals surface area (Å²) in [7, 11) is 1.19. The molecule has 2 N–H and O–H groups in total. The molecule has 0 aliphatic carbocycles. The van der Waals surface area contributed by atoms with Gasteiger partial charge in [0, 0.05) is 0 Å². The minimum absolute atomic E-state index is 0. The summed E-state index contributed by atoms with van der Waals surface area (Å²) in [5, 5.41) is 10.8. The van der Waals surface area contributed by atoms with Crippen molar-refractivity contribution in [2.75, 3.05) is 7.11 Å². The van der Waals surface area contributed by atoms with Crippen LogP contribution in [0.15, 0.2) is 0 Å². The van der Waals surface area contributed by atoms with Gasteiger partial charge in [0.15, 0.2) is 0 Å². The van der Waals surface area contributed by atoms with Gasteiger partial charge in [0.05, 0.1) is 7.11 Å². The molecule has 0 rings (SSSR count). The zero-order chi connectivity index (χ0) is 9.72. The summed E-state index contributed by atoms with van der Waals surface area (Å²) in [6.07, 6.45) is -0.726. The molecule has 0 bridgehead atoms. The number of rotatable bonds is 3. The topological polar surface area (TPSA) is 75.6 Å². The van der Waals surface area contributed by atoms with Crippen LogP contribution in [0.25, 0.3) is 0 Å². The SMILES string of the molecule is COC(=O)NC(C(=O)O)C(C)C.[CH3-].[Cs+]. The number of carboxylic acids is 1. The third-order valence-electron chi connectivity index (χ3n) is 1.39. The van der Waals surface area contributed by atoms with E-state index in [0.29, 0.717) is 0 Å². The number of methoxy groups -OCH3 is 1. The van der Waals surface area contributed by atoms with Gasteiger partial charge in [-0.25, -0.2) is 9.59 Å². The third-order valence-corrected chi connectivity index (χ3v) is 1.39. The van der Waals surface area contributed by atoms with Crippen LogP contribution in [0.1, 0.15) is 13.8 Å². The Balaban J connectivity index is -0.000000605. The Labute approximate surface area is 143 Å². The number of alkyl carbamates (subject to hydrolysis) is 1. The van der Waals surface area contributed by atoms with Crippen molar-refractivity contribution in [1.82, 2.24) is 5.32 Å². The van der Waals surface area contributed by atoms with Crippen LogP contribution in [0, 0.1) is 13.3 Å².